The Kier molecular flexibility index (Phi) is 3.93. The van der Waals surface area contributed by atoms with Crippen LogP contribution in [-0.4, -0.2) is 19.3 Å². The van der Waals surface area contributed by atoms with Crippen LogP contribution in [0.2, 0.25) is 0 Å². The van der Waals surface area contributed by atoms with E-state index >= 15 is 0 Å². The normalized spacial score (nSPS) is 20.8. The van der Waals surface area contributed by atoms with Crippen LogP contribution in [0.3, 0.4) is 0 Å². The third kappa shape index (κ3) is 3.12. The molecule has 1 aliphatic heterocycles. The molecule has 0 radical (unpaired) electrons. The molecule has 4 heteroatoms. The van der Waals surface area contributed by atoms with E-state index in [1.54, 1.807) is 0 Å². The van der Waals surface area contributed by atoms with Crippen molar-refractivity contribution in [2.75, 3.05) is 13.2 Å². The van der Waals surface area contributed by atoms with Crippen molar-refractivity contribution in [3.63, 3.8) is 0 Å². The summed E-state index contributed by atoms with van der Waals surface area (Å²) in [7, 11) is 0. The van der Waals surface area contributed by atoms with E-state index in [0.717, 1.165) is 31.7 Å². The van der Waals surface area contributed by atoms with Gasteiger partial charge < -0.3 is 10.1 Å². The van der Waals surface area contributed by atoms with Gasteiger partial charge in [0.2, 0.25) is 0 Å². The lowest BCUT2D eigenvalue weighted by atomic mass is 10.2. The summed E-state index contributed by atoms with van der Waals surface area (Å²) in [6.45, 7) is 2.42. The largest absolute Gasteiger partial charge is 0.380 e. The van der Waals surface area contributed by atoms with Crippen molar-refractivity contribution in [1.29, 1.82) is 0 Å². The molecule has 1 saturated heterocycles. The summed E-state index contributed by atoms with van der Waals surface area (Å²) in [5, 5.41) is 3.39. The van der Waals surface area contributed by atoms with E-state index < -0.39 is 0 Å². The van der Waals surface area contributed by atoms with E-state index in [1.165, 1.54) is 6.07 Å². The van der Waals surface area contributed by atoms with Crippen LogP contribution < -0.4 is 5.32 Å². The summed E-state index contributed by atoms with van der Waals surface area (Å²) in [6.07, 6.45) is 1.07. The van der Waals surface area contributed by atoms with Crippen LogP contribution in [0.5, 0.6) is 0 Å². The Balaban J connectivity index is 1.90. The van der Waals surface area contributed by atoms with Crippen molar-refractivity contribution < 1.29 is 9.13 Å². The van der Waals surface area contributed by atoms with Gasteiger partial charge in [-0.05, 0) is 46.7 Å². The standard InChI is InChI=1S/C11H13FINO/c12-10-2-1-8(5-11(10)13)6-14-9-3-4-15-7-9/h1-2,5,9,14H,3-4,6-7H2. The predicted molar refractivity (Wildman–Crippen MR) is 65.2 cm³/mol. The summed E-state index contributed by atoms with van der Waals surface area (Å²) < 4.78 is 18.9. The number of benzene rings is 1. The Morgan fingerprint density at radius 1 is 1.53 bits per heavy atom. The summed E-state index contributed by atoms with van der Waals surface area (Å²) >= 11 is 2.01. The van der Waals surface area contributed by atoms with Crippen LogP contribution in [0.15, 0.2) is 18.2 Å². The van der Waals surface area contributed by atoms with Crippen molar-refractivity contribution in [2.24, 2.45) is 0 Å². The van der Waals surface area contributed by atoms with E-state index in [4.69, 9.17) is 4.74 Å². The zero-order valence-electron chi connectivity index (χ0n) is 8.30. The van der Waals surface area contributed by atoms with Crippen molar-refractivity contribution >= 4 is 22.6 Å². The van der Waals surface area contributed by atoms with Crippen LogP contribution in [0.1, 0.15) is 12.0 Å². The van der Waals surface area contributed by atoms with E-state index in [-0.39, 0.29) is 5.82 Å². The zero-order chi connectivity index (χ0) is 10.7. The van der Waals surface area contributed by atoms with E-state index in [2.05, 4.69) is 5.32 Å². The van der Waals surface area contributed by atoms with Gasteiger partial charge in [-0.2, -0.15) is 0 Å². The summed E-state index contributed by atoms with van der Waals surface area (Å²) in [6, 6.07) is 5.66. The lowest BCUT2D eigenvalue weighted by Crippen LogP contribution is -2.28. The maximum absolute atomic E-state index is 13.0. The van der Waals surface area contributed by atoms with E-state index in [1.807, 2.05) is 34.7 Å². The number of halogens is 2. The molecule has 2 rings (SSSR count). The first-order valence-corrected chi connectivity index (χ1v) is 6.08. The summed E-state index contributed by atoms with van der Waals surface area (Å²) in [5.74, 6) is -0.149. The molecule has 0 bridgehead atoms. The molecule has 1 aromatic carbocycles. The molecule has 0 aromatic heterocycles. The molecule has 1 aromatic rings. The van der Waals surface area contributed by atoms with Gasteiger partial charge >= 0.3 is 0 Å². The van der Waals surface area contributed by atoms with Gasteiger partial charge in [0, 0.05) is 22.8 Å². The maximum Gasteiger partial charge on any atom is 0.136 e. The molecular formula is C11H13FINO. The van der Waals surface area contributed by atoms with E-state index in [9.17, 15) is 4.39 Å². The molecule has 0 aliphatic carbocycles. The fraction of sp³-hybridized carbons (Fsp3) is 0.455. The van der Waals surface area contributed by atoms with Gasteiger partial charge in [0.25, 0.3) is 0 Å². The second-order valence-electron chi connectivity index (χ2n) is 3.69. The Labute approximate surface area is 102 Å². The van der Waals surface area contributed by atoms with Gasteiger partial charge in [0.1, 0.15) is 5.82 Å². The fourth-order valence-corrected chi connectivity index (χ4v) is 2.19. The number of nitrogens with one attached hydrogen (secondary N) is 1. The summed E-state index contributed by atoms with van der Waals surface area (Å²) in [4.78, 5) is 0. The molecule has 15 heavy (non-hydrogen) atoms. The van der Waals surface area contributed by atoms with Crippen molar-refractivity contribution in [1.82, 2.24) is 5.32 Å². The van der Waals surface area contributed by atoms with Crippen LogP contribution in [0.4, 0.5) is 4.39 Å². The van der Waals surface area contributed by atoms with Gasteiger partial charge in [-0.1, -0.05) is 6.07 Å². The molecule has 1 atom stereocenters. The molecule has 1 aliphatic rings. The topological polar surface area (TPSA) is 21.3 Å². The average Bonchev–Trinajstić information content (AvgIpc) is 2.73. The fourth-order valence-electron chi connectivity index (χ4n) is 1.61. The van der Waals surface area contributed by atoms with Gasteiger partial charge in [-0.15, -0.1) is 0 Å². The highest BCUT2D eigenvalue weighted by Gasteiger charge is 2.14. The van der Waals surface area contributed by atoms with E-state index in [0.29, 0.717) is 9.61 Å². The van der Waals surface area contributed by atoms with Crippen molar-refractivity contribution in [3.8, 4) is 0 Å². The highest BCUT2D eigenvalue weighted by atomic mass is 127. The molecule has 1 fully saturated rings. The monoisotopic (exact) mass is 321 g/mol. The highest BCUT2D eigenvalue weighted by Crippen LogP contribution is 2.13. The van der Waals surface area contributed by atoms with Gasteiger partial charge in [-0.3, -0.25) is 0 Å². The second-order valence-corrected chi connectivity index (χ2v) is 4.85. The lowest BCUT2D eigenvalue weighted by molar-refractivity contribution is 0.190. The Hall–Kier alpha value is -0.200. The minimum absolute atomic E-state index is 0.149. The molecule has 1 heterocycles. The number of hydrogen-bond acceptors (Lipinski definition) is 2. The zero-order valence-corrected chi connectivity index (χ0v) is 10.5. The lowest BCUT2D eigenvalue weighted by Gasteiger charge is -2.10. The maximum atomic E-state index is 13.0. The molecule has 82 valence electrons. The Bertz CT molecular complexity index is 339. The first-order valence-electron chi connectivity index (χ1n) is 5.01. The van der Waals surface area contributed by atoms with Crippen LogP contribution >= 0.6 is 22.6 Å². The molecule has 0 spiro atoms. The third-order valence-electron chi connectivity index (χ3n) is 2.51. The SMILES string of the molecule is Fc1ccc(CNC2CCOC2)cc1I. The smallest absolute Gasteiger partial charge is 0.136 e. The minimum atomic E-state index is -0.149. The van der Waals surface area contributed by atoms with Gasteiger partial charge in [-0.25, -0.2) is 4.39 Å². The third-order valence-corrected chi connectivity index (χ3v) is 3.34. The molecule has 1 N–H and O–H groups in total. The first-order chi connectivity index (χ1) is 7.25. The molecular weight excluding hydrogens is 308 g/mol. The van der Waals surface area contributed by atoms with Crippen LogP contribution in [0, 0.1) is 9.39 Å². The molecule has 2 nitrogen and oxygen atoms in total. The number of ether oxygens (including phenoxy) is 1. The molecule has 0 saturated carbocycles. The predicted octanol–water partition coefficient (Wildman–Crippen LogP) is 2.31. The number of hydrogen-bond donors (Lipinski definition) is 1. The average molecular weight is 321 g/mol. The molecule has 0 amide bonds. The molecule has 1 unspecified atom stereocenters. The summed E-state index contributed by atoms with van der Waals surface area (Å²) in [5.41, 5.74) is 1.12. The van der Waals surface area contributed by atoms with Gasteiger partial charge in [0.15, 0.2) is 0 Å². The second kappa shape index (κ2) is 5.23. The van der Waals surface area contributed by atoms with Crippen LogP contribution in [0.25, 0.3) is 0 Å². The van der Waals surface area contributed by atoms with Crippen LogP contribution in [-0.2, 0) is 11.3 Å². The minimum Gasteiger partial charge on any atom is -0.380 e. The number of rotatable bonds is 3. The Morgan fingerprint density at radius 3 is 3.07 bits per heavy atom. The quantitative estimate of drug-likeness (QED) is 0.863. The Morgan fingerprint density at radius 2 is 2.40 bits per heavy atom. The van der Waals surface area contributed by atoms with Crippen molar-refractivity contribution in [3.05, 3.63) is 33.1 Å². The van der Waals surface area contributed by atoms with Crippen molar-refractivity contribution in [2.45, 2.75) is 19.0 Å². The highest BCUT2D eigenvalue weighted by molar-refractivity contribution is 14.1. The first kappa shape index (κ1) is 11.3. The van der Waals surface area contributed by atoms with Gasteiger partial charge in [0.05, 0.1) is 6.61 Å².